The van der Waals surface area contributed by atoms with Crippen LogP contribution in [0.3, 0.4) is 0 Å². The van der Waals surface area contributed by atoms with Gasteiger partial charge in [0.25, 0.3) is 0 Å². The first-order chi connectivity index (χ1) is 12.7. The van der Waals surface area contributed by atoms with E-state index in [1.807, 2.05) is 24.3 Å². The van der Waals surface area contributed by atoms with Crippen LogP contribution in [0.4, 0.5) is 4.79 Å². The summed E-state index contributed by atoms with van der Waals surface area (Å²) in [6.45, 7) is 1.88. The van der Waals surface area contributed by atoms with Gasteiger partial charge >= 0.3 is 6.03 Å². The number of nitrogens with zero attached hydrogens (tertiary/aromatic N) is 1. The first-order valence-corrected chi connectivity index (χ1v) is 9.51. The molecule has 138 valence electrons. The van der Waals surface area contributed by atoms with Gasteiger partial charge in [-0.3, -0.25) is 4.79 Å². The van der Waals surface area contributed by atoms with Gasteiger partial charge in [-0.25, -0.2) is 4.79 Å². The molecule has 0 aliphatic carbocycles. The summed E-state index contributed by atoms with van der Waals surface area (Å²) in [6.07, 6.45) is 1.62. The zero-order valence-corrected chi connectivity index (χ0v) is 15.6. The average Bonchev–Trinajstić information content (AvgIpc) is 3.14. The molecule has 0 spiro atoms. The van der Waals surface area contributed by atoms with Crippen molar-refractivity contribution in [1.82, 2.24) is 15.5 Å². The molecule has 0 saturated carbocycles. The van der Waals surface area contributed by atoms with Crippen molar-refractivity contribution < 1.29 is 14.3 Å². The fraction of sp³-hybridized carbons (Fsp3) is 0.368. The van der Waals surface area contributed by atoms with E-state index < -0.39 is 0 Å². The lowest BCUT2D eigenvalue weighted by Gasteiger charge is -2.27. The molecule has 0 bridgehead atoms. The van der Waals surface area contributed by atoms with Crippen LogP contribution in [0.5, 0.6) is 5.75 Å². The fourth-order valence-electron chi connectivity index (χ4n) is 2.90. The number of nitrogens with one attached hydrogen (secondary N) is 2. The van der Waals surface area contributed by atoms with Crippen LogP contribution in [-0.4, -0.2) is 43.6 Å². The summed E-state index contributed by atoms with van der Waals surface area (Å²) in [5.74, 6) is 0.761. The minimum Gasteiger partial charge on any atom is -0.497 e. The second-order valence-corrected chi connectivity index (χ2v) is 7.14. The van der Waals surface area contributed by atoms with Gasteiger partial charge in [0.1, 0.15) is 5.75 Å². The number of hydrogen-bond donors (Lipinski definition) is 2. The highest BCUT2D eigenvalue weighted by atomic mass is 32.1. The molecule has 0 radical (unpaired) electrons. The molecule has 7 heteroatoms. The number of hydrogen-bond acceptors (Lipinski definition) is 4. The topological polar surface area (TPSA) is 70.7 Å². The number of ether oxygens (including phenoxy) is 1. The second kappa shape index (κ2) is 8.71. The molecule has 1 aliphatic rings. The number of fused-ring (bicyclic) bond motifs is 1. The maximum absolute atomic E-state index is 12.3. The predicted molar refractivity (Wildman–Crippen MR) is 102 cm³/mol. The molecule has 3 amide bonds. The molecule has 2 N–H and O–H groups in total. The van der Waals surface area contributed by atoms with E-state index in [2.05, 4.69) is 22.1 Å². The monoisotopic (exact) mass is 373 g/mol. The van der Waals surface area contributed by atoms with Gasteiger partial charge in [0.05, 0.1) is 13.7 Å². The van der Waals surface area contributed by atoms with Crippen molar-refractivity contribution in [2.45, 2.75) is 19.4 Å². The third kappa shape index (κ3) is 4.76. The minimum atomic E-state index is -0.319. The molecule has 2 aromatic rings. The zero-order chi connectivity index (χ0) is 18.4. The van der Waals surface area contributed by atoms with Crippen LogP contribution in [0.1, 0.15) is 16.0 Å². The van der Waals surface area contributed by atoms with Crippen molar-refractivity contribution in [3.05, 3.63) is 51.7 Å². The van der Waals surface area contributed by atoms with E-state index in [0.717, 1.165) is 24.2 Å². The van der Waals surface area contributed by atoms with Gasteiger partial charge < -0.3 is 20.3 Å². The minimum absolute atomic E-state index is 0.0217. The smallest absolute Gasteiger partial charge is 0.315 e. The van der Waals surface area contributed by atoms with Gasteiger partial charge in [0.15, 0.2) is 0 Å². The number of carbonyl (C=O) groups excluding carboxylic acids is 2. The SMILES string of the molecule is COc1ccc(CCNC(=O)NCC(=O)N2CCc3sccc3C2)cc1. The maximum atomic E-state index is 12.3. The first kappa shape index (κ1) is 18.3. The molecular formula is C19H23N3O3S. The fourth-order valence-corrected chi connectivity index (χ4v) is 3.79. The van der Waals surface area contributed by atoms with Crippen LogP contribution in [0.15, 0.2) is 35.7 Å². The molecule has 0 saturated heterocycles. The summed E-state index contributed by atoms with van der Waals surface area (Å²) in [5, 5.41) is 7.49. The Kier molecular flexibility index (Phi) is 6.12. The summed E-state index contributed by atoms with van der Waals surface area (Å²) in [5.41, 5.74) is 2.33. The lowest BCUT2D eigenvalue weighted by Crippen LogP contribution is -2.45. The van der Waals surface area contributed by atoms with Crippen LogP contribution in [0.2, 0.25) is 0 Å². The highest BCUT2D eigenvalue weighted by Gasteiger charge is 2.21. The quantitative estimate of drug-likeness (QED) is 0.815. The zero-order valence-electron chi connectivity index (χ0n) is 14.8. The normalized spacial score (nSPS) is 13.0. The van der Waals surface area contributed by atoms with E-state index in [9.17, 15) is 9.59 Å². The standard InChI is InChI=1S/C19H23N3O3S/c1-25-16-4-2-14(3-5-16)6-9-20-19(24)21-12-18(23)22-10-7-17-15(13-22)8-11-26-17/h2-5,8,11H,6-7,9-10,12-13H2,1H3,(H2,20,21,24). The van der Waals surface area contributed by atoms with Gasteiger partial charge in [-0.15, -0.1) is 11.3 Å². The number of urea groups is 1. The number of rotatable bonds is 6. The largest absolute Gasteiger partial charge is 0.497 e. The van der Waals surface area contributed by atoms with E-state index in [1.54, 1.807) is 23.3 Å². The molecule has 26 heavy (non-hydrogen) atoms. The molecule has 6 nitrogen and oxygen atoms in total. The van der Waals surface area contributed by atoms with Crippen molar-refractivity contribution in [2.75, 3.05) is 26.7 Å². The Morgan fingerprint density at radius 2 is 2.00 bits per heavy atom. The lowest BCUT2D eigenvalue weighted by molar-refractivity contribution is -0.130. The molecule has 3 rings (SSSR count). The lowest BCUT2D eigenvalue weighted by atomic mass is 10.1. The van der Waals surface area contributed by atoms with E-state index in [1.165, 1.54) is 10.4 Å². The number of amides is 3. The second-order valence-electron chi connectivity index (χ2n) is 6.14. The Bertz CT molecular complexity index is 758. The van der Waals surface area contributed by atoms with Gasteiger partial charge in [0, 0.05) is 24.5 Å². The summed E-state index contributed by atoms with van der Waals surface area (Å²) in [7, 11) is 1.63. The molecular weight excluding hydrogens is 350 g/mol. The maximum Gasteiger partial charge on any atom is 0.315 e. The third-order valence-electron chi connectivity index (χ3n) is 4.42. The number of benzene rings is 1. The Morgan fingerprint density at radius 3 is 2.77 bits per heavy atom. The Hall–Kier alpha value is -2.54. The highest BCUT2D eigenvalue weighted by Crippen LogP contribution is 2.23. The molecule has 1 aromatic heterocycles. The molecule has 0 atom stereocenters. The Labute approximate surface area is 157 Å². The highest BCUT2D eigenvalue weighted by molar-refractivity contribution is 7.10. The summed E-state index contributed by atoms with van der Waals surface area (Å²) >= 11 is 1.74. The van der Waals surface area contributed by atoms with E-state index in [-0.39, 0.29) is 18.5 Å². The van der Waals surface area contributed by atoms with Crippen molar-refractivity contribution in [1.29, 1.82) is 0 Å². The van der Waals surface area contributed by atoms with Crippen LogP contribution in [0, 0.1) is 0 Å². The third-order valence-corrected chi connectivity index (χ3v) is 5.44. The van der Waals surface area contributed by atoms with Crippen molar-refractivity contribution in [3.8, 4) is 5.75 Å². The van der Waals surface area contributed by atoms with Gasteiger partial charge in [0.2, 0.25) is 5.91 Å². The number of thiophene rings is 1. The summed E-state index contributed by atoms with van der Waals surface area (Å²) < 4.78 is 5.12. The Morgan fingerprint density at radius 1 is 1.19 bits per heavy atom. The molecule has 1 aliphatic heterocycles. The van der Waals surface area contributed by atoms with Crippen LogP contribution >= 0.6 is 11.3 Å². The summed E-state index contributed by atoms with van der Waals surface area (Å²) in [6, 6.07) is 9.48. The molecule has 1 aromatic carbocycles. The predicted octanol–water partition coefficient (Wildman–Crippen LogP) is 2.18. The van der Waals surface area contributed by atoms with Crippen molar-refractivity contribution in [3.63, 3.8) is 0 Å². The van der Waals surface area contributed by atoms with Gasteiger partial charge in [-0.2, -0.15) is 0 Å². The first-order valence-electron chi connectivity index (χ1n) is 8.63. The van der Waals surface area contributed by atoms with Crippen molar-refractivity contribution >= 4 is 23.3 Å². The molecule has 2 heterocycles. The number of carbonyl (C=O) groups is 2. The van der Waals surface area contributed by atoms with Gasteiger partial charge in [-0.05, 0) is 47.5 Å². The van der Waals surface area contributed by atoms with Crippen molar-refractivity contribution in [2.24, 2.45) is 0 Å². The van der Waals surface area contributed by atoms with Crippen LogP contribution in [0.25, 0.3) is 0 Å². The average molecular weight is 373 g/mol. The summed E-state index contributed by atoms with van der Waals surface area (Å²) in [4.78, 5) is 27.3. The van der Waals surface area contributed by atoms with E-state index in [0.29, 0.717) is 19.6 Å². The van der Waals surface area contributed by atoms with Gasteiger partial charge in [-0.1, -0.05) is 12.1 Å². The van der Waals surface area contributed by atoms with E-state index in [4.69, 9.17) is 4.74 Å². The van der Waals surface area contributed by atoms with E-state index >= 15 is 0 Å². The number of methoxy groups -OCH3 is 1. The van der Waals surface area contributed by atoms with Crippen LogP contribution in [-0.2, 0) is 24.2 Å². The Balaban J connectivity index is 1.35. The van der Waals surface area contributed by atoms with Crippen LogP contribution < -0.4 is 15.4 Å². The molecule has 0 unspecified atom stereocenters. The molecule has 0 fully saturated rings.